The number of Topliss-reactive ketones (excluding diaryl/α,β-unsaturated/α-hetero) is 2. The molecule has 34 heavy (non-hydrogen) atoms. The van der Waals surface area contributed by atoms with Crippen molar-refractivity contribution in [3.8, 4) is 6.07 Å². The number of rotatable bonds is 7. The molecule has 0 unspecified atom stereocenters. The molecule has 1 aliphatic rings. The fourth-order valence-corrected chi connectivity index (χ4v) is 4.04. The number of carbonyl (C=O) groups excluding carboxylic acids is 3. The highest BCUT2D eigenvalue weighted by molar-refractivity contribution is 6.30. The number of nitriles is 1. The number of fused-ring (bicyclic) bond motifs is 1. The lowest BCUT2D eigenvalue weighted by molar-refractivity contribution is -0.132. The minimum absolute atomic E-state index is 0.144. The van der Waals surface area contributed by atoms with E-state index in [9.17, 15) is 23.2 Å². The van der Waals surface area contributed by atoms with Gasteiger partial charge in [-0.2, -0.15) is 5.26 Å². The Balaban J connectivity index is 1.44. The molecule has 4 rings (SSSR count). The highest BCUT2D eigenvalue weighted by Gasteiger charge is 2.47. The molecule has 3 aromatic rings. The number of carbonyl (C=O) groups is 3. The summed E-state index contributed by atoms with van der Waals surface area (Å²) in [4.78, 5) is 47.1. The van der Waals surface area contributed by atoms with Crippen LogP contribution < -0.4 is 0 Å². The number of nitrogens with zero attached hydrogens (tertiary/aromatic N) is 5. The SMILES string of the molecule is N#C[C@@H]1CC(F)(F)CN1C(=O)CCC(=O)c1ccncc1CC(=O)c1cn2ccc(Cl)cc2n1. The number of alkyl halides is 2. The van der Waals surface area contributed by atoms with Crippen molar-refractivity contribution in [2.24, 2.45) is 0 Å². The number of ketones is 2. The first kappa shape index (κ1) is 23.4. The van der Waals surface area contributed by atoms with Crippen LogP contribution in [0, 0.1) is 11.3 Å². The summed E-state index contributed by atoms with van der Waals surface area (Å²) in [6.45, 7) is -0.836. The summed E-state index contributed by atoms with van der Waals surface area (Å²) in [5.74, 6) is -4.58. The van der Waals surface area contributed by atoms with Crippen molar-refractivity contribution in [3.63, 3.8) is 0 Å². The average molecular weight is 486 g/mol. The molecular weight excluding hydrogens is 468 g/mol. The van der Waals surface area contributed by atoms with Crippen LogP contribution in [0.25, 0.3) is 5.65 Å². The van der Waals surface area contributed by atoms with E-state index in [2.05, 4.69) is 9.97 Å². The predicted molar refractivity (Wildman–Crippen MR) is 117 cm³/mol. The average Bonchev–Trinajstić information content (AvgIpc) is 3.37. The zero-order valence-corrected chi connectivity index (χ0v) is 18.5. The van der Waals surface area contributed by atoms with Crippen LogP contribution in [0.3, 0.4) is 0 Å². The molecule has 0 aliphatic carbocycles. The fourth-order valence-electron chi connectivity index (χ4n) is 3.89. The van der Waals surface area contributed by atoms with Gasteiger partial charge in [0.25, 0.3) is 5.92 Å². The lowest BCUT2D eigenvalue weighted by Gasteiger charge is -2.19. The van der Waals surface area contributed by atoms with Gasteiger partial charge in [0.1, 0.15) is 17.4 Å². The molecule has 11 heteroatoms. The number of halogens is 3. The molecule has 0 saturated carbocycles. The zero-order valence-electron chi connectivity index (χ0n) is 17.7. The largest absolute Gasteiger partial charge is 0.320 e. The lowest BCUT2D eigenvalue weighted by Crippen LogP contribution is -2.36. The van der Waals surface area contributed by atoms with E-state index in [0.717, 1.165) is 4.90 Å². The Morgan fingerprint density at radius 2 is 2.03 bits per heavy atom. The Bertz CT molecular complexity index is 1330. The van der Waals surface area contributed by atoms with Gasteiger partial charge in [-0.3, -0.25) is 19.4 Å². The van der Waals surface area contributed by atoms with Gasteiger partial charge in [-0.05, 0) is 17.7 Å². The van der Waals surface area contributed by atoms with Gasteiger partial charge < -0.3 is 9.30 Å². The van der Waals surface area contributed by atoms with Gasteiger partial charge in [0.15, 0.2) is 11.6 Å². The summed E-state index contributed by atoms with van der Waals surface area (Å²) in [6.07, 6.45) is 4.58. The minimum Gasteiger partial charge on any atom is -0.320 e. The molecule has 1 aliphatic heterocycles. The smallest absolute Gasteiger partial charge is 0.268 e. The number of aromatic nitrogens is 3. The Morgan fingerprint density at radius 3 is 2.79 bits per heavy atom. The van der Waals surface area contributed by atoms with Crippen LogP contribution >= 0.6 is 11.6 Å². The Hall–Kier alpha value is -3.71. The molecule has 174 valence electrons. The van der Waals surface area contributed by atoms with Crippen LogP contribution in [0.2, 0.25) is 5.02 Å². The Labute approximate surface area is 197 Å². The topological polar surface area (TPSA) is 108 Å². The van der Waals surface area contributed by atoms with E-state index >= 15 is 0 Å². The number of hydrogen-bond donors (Lipinski definition) is 0. The summed E-state index contributed by atoms with van der Waals surface area (Å²) < 4.78 is 28.8. The molecule has 0 radical (unpaired) electrons. The monoisotopic (exact) mass is 485 g/mol. The molecular formula is C23H18ClF2N5O3. The number of hydrogen-bond acceptors (Lipinski definition) is 6. The van der Waals surface area contributed by atoms with Crippen molar-refractivity contribution in [3.05, 3.63) is 64.8 Å². The summed E-state index contributed by atoms with van der Waals surface area (Å²) in [5.41, 5.74) is 1.27. The summed E-state index contributed by atoms with van der Waals surface area (Å²) >= 11 is 5.95. The van der Waals surface area contributed by atoms with Crippen LogP contribution in [0.4, 0.5) is 8.78 Å². The molecule has 0 aromatic carbocycles. The van der Waals surface area contributed by atoms with Crippen molar-refractivity contribution < 1.29 is 23.2 Å². The lowest BCUT2D eigenvalue weighted by atomic mass is 9.98. The van der Waals surface area contributed by atoms with E-state index < -0.39 is 36.6 Å². The Morgan fingerprint density at radius 1 is 1.24 bits per heavy atom. The molecule has 4 heterocycles. The van der Waals surface area contributed by atoms with E-state index in [1.54, 1.807) is 35.0 Å². The standard InChI is InChI=1S/C23H18ClF2N5O3/c24-15-4-6-30-12-18(29-21(30)8-15)20(33)7-14-11-28-5-3-17(14)19(32)1-2-22(34)31-13-23(25,26)9-16(31)10-27/h3-6,8,11-12,16H,1-2,7,9,13H2/t16-/m0/s1. The minimum atomic E-state index is -3.12. The van der Waals surface area contributed by atoms with Crippen molar-refractivity contribution in [1.29, 1.82) is 5.26 Å². The highest BCUT2D eigenvalue weighted by atomic mass is 35.5. The van der Waals surface area contributed by atoms with Gasteiger partial charge in [-0.25, -0.2) is 13.8 Å². The van der Waals surface area contributed by atoms with Crippen molar-refractivity contribution in [2.75, 3.05) is 6.54 Å². The number of imidazole rings is 1. The second-order valence-corrected chi connectivity index (χ2v) is 8.46. The van der Waals surface area contributed by atoms with Gasteiger partial charge in [0.2, 0.25) is 5.91 Å². The maximum absolute atomic E-state index is 13.6. The third-order valence-corrected chi connectivity index (χ3v) is 5.80. The van der Waals surface area contributed by atoms with Gasteiger partial charge in [0.05, 0.1) is 12.6 Å². The molecule has 0 bridgehead atoms. The third kappa shape index (κ3) is 4.94. The molecule has 0 N–H and O–H groups in total. The van der Waals surface area contributed by atoms with E-state index in [-0.39, 0.29) is 36.3 Å². The molecule has 1 fully saturated rings. The first-order valence-corrected chi connectivity index (χ1v) is 10.7. The van der Waals surface area contributed by atoms with Gasteiger partial charge >= 0.3 is 0 Å². The van der Waals surface area contributed by atoms with E-state index in [4.69, 9.17) is 16.9 Å². The van der Waals surface area contributed by atoms with Crippen molar-refractivity contribution in [2.45, 2.75) is 37.6 Å². The van der Waals surface area contributed by atoms with Gasteiger partial charge in [-0.15, -0.1) is 0 Å². The number of pyridine rings is 2. The van der Waals surface area contributed by atoms with Gasteiger partial charge in [-0.1, -0.05) is 11.6 Å². The maximum atomic E-state index is 13.6. The zero-order chi connectivity index (χ0) is 24.5. The van der Waals surface area contributed by atoms with Crippen LogP contribution in [0.1, 0.15) is 45.7 Å². The van der Waals surface area contributed by atoms with E-state index in [0.29, 0.717) is 16.2 Å². The quantitative estimate of drug-likeness (QED) is 0.474. The molecule has 1 atom stereocenters. The summed E-state index contributed by atoms with van der Waals surface area (Å²) in [7, 11) is 0. The molecule has 3 aromatic heterocycles. The van der Waals surface area contributed by atoms with E-state index in [1.807, 2.05) is 0 Å². The predicted octanol–water partition coefficient (Wildman–Crippen LogP) is 3.53. The van der Waals surface area contributed by atoms with Crippen molar-refractivity contribution in [1.82, 2.24) is 19.3 Å². The first-order chi connectivity index (χ1) is 16.2. The van der Waals surface area contributed by atoms with Crippen LogP contribution in [-0.4, -0.2) is 55.3 Å². The van der Waals surface area contributed by atoms with Gasteiger partial charge in [0, 0.05) is 67.1 Å². The Kier molecular flexibility index (Phi) is 6.39. The first-order valence-electron chi connectivity index (χ1n) is 10.4. The summed E-state index contributed by atoms with van der Waals surface area (Å²) in [6, 6.07) is 5.21. The van der Waals surface area contributed by atoms with Crippen LogP contribution in [0.5, 0.6) is 0 Å². The molecule has 0 spiro atoms. The van der Waals surface area contributed by atoms with Crippen molar-refractivity contribution >= 4 is 34.7 Å². The van der Waals surface area contributed by atoms with E-state index in [1.165, 1.54) is 18.5 Å². The second kappa shape index (κ2) is 9.27. The maximum Gasteiger partial charge on any atom is 0.268 e. The highest BCUT2D eigenvalue weighted by Crippen LogP contribution is 2.32. The molecule has 1 saturated heterocycles. The fraction of sp³-hybridized carbons (Fsp3) is 0.304. The molecule has 8 nitrogen and oxygen atoms in total. The number of likely N-dealkylation sites (tertiary alicyclic amines) is 1. The number of amides is 1. The summed E-state index contributed by atoms with van der Waals surface area (Å²) in [5, 5.41) is 9.53. The normalized spacial score (nSPS) is 17.0. The second-order valence-electron chi connectivity index (χ2n) is 8.02. The third-order valence-electron chi connectivity index (χ3n) is 5.57. The molecule has 1 amide bonds. The van der Waals surface area contributed by atoms with Crippen LogP contribution in [0.15, 0.2) is 43.0 Å². The van der Waals surface area contributed by atoms with Crippen LogP contribution in [-0.2, 0) is 11.2 Å².